The van der Waals surface area contributed by atoms with Crippen molar-refractivity contribution in [3.63, 3.8) is 0 Å². The Kier molecular flexibility index (Phi) is 5.89. The van der Waals surface area contributed by atoms with Gasteiger partial charge in [0.15, 0.2) is 0 Å². The number of nitrogens with zero attached hydrogens (tertiary/aromatic N) is 2. The summed E-state index contributed by atoms with van der Waals surface area (Å²) in [4.78, 5) is 29.6. The van der Waals surface area contributed by atoms with E-state index in [0.29, 0.717) is 29.1 Å². The molecule has 0 unspecified atom stereocenters. The lowest BCUT2D eigenvalue weighted by atomic mass is 10.0. The van der Waals surface area contributed by atoms with Crippen LogP contribution >= 0.6 is 0 Å². The quantitative estimate of drug-likeness (QED) is 0.624. The minimum atomic E-state index is -0.471. The van der Waals surface area contributed by atoms with E-state index in [4.69, 9.17) is 0 Å². The summed E-state index contributed by atoms with van der Waals surface area (Å²) in [6.07, 6.45) is 0. The number of carbonyl (C=O) groups is 2. The highest BCUT2D eigenvalue weighted by molar-refractivity contribution is 6.20. The van der Waals surface area contributed by atoms with Gasteiger partial charge in [-0.25, -0.2) is 4.99 Å². The average molecular weight is 386 g/mol. The predicted molar refractivity (Wildman–Crippen MR) is 112 cm³/mol. The summed E-state index contributed by atoms with van der Waals surface area (Å²) in [6.45, 7) is 6.35. The summed E-state index contributed by atoms with van der Waals surface area (Å²) >= 11 is 0. The Morgan fingerprint density at radius 1 is 1.07 bits per heavy atom. The molecule has 29 heavy (non-hydrogen) atoms. The number of fused-ring (bicyclic) bond motifs is 1. The van der Waals surface area contributed by atoms with Crippen LogP contribution in [0.15, 0.2) is 59.1 Å². The molecule has 2 amide bonds. The molecule has 0 saturated carbocycles. The summed E-state index contributed by atoms with van der Waals surface area (Å²) in [5.41, 5.74) is 3.07. The van der Waals surface area contributed by atoms with Crippen molar-refractivity contribution in [2.24, 2.45) is 10.9 Å². The second kappa shape index (κ2) is 8.53. The molecule has 1 aliphatic rings. The van der Waals surface area contributed by atoms with Crippen LogP contribution in [0.25, 0.3) is 5.70 Å². The van der Waals surface area contributed by atoms with Crippen molar-refractivity contribution < 1.29 is 9.59 Å². The number of aryl methyl sites for hydroxylation is 1. The molecule has 1 heterocycles. The zero-order chi connectivity index (χ0) is 21.0. The normalized spacial score (nSPS) is 14.0. The van der Waals surface area contributed by atoms with Crippen molar-refractivity contribution in [2.75, 3.05) is 6.54 Å². The van der Waals surface area contributed by atoms with Crippen LogP contribution in [-0.4, -0.2) is 24.2 Å². The van der Waals surface area contributed by atoms with E-state index in [0.717, 1.165) is 5.56 Å². The summed E-state index contributed by atoms with van der Waals surface area (Å²) in [5, 5.41) is 15.2. The van der Waals surface area contributed by atoms with Gasteiger partial charge in [0.2, 0.25) is 0 Å². The number of amides is 2. The largest absolute Gasteiger partial charge is 0.351 e. The Hall–Kier alpha value is -3.72. The smallest absolute Gasteiger partial charge is 0.264 e. The number of carbonyl (C=O) groups excluding carboxylic acids is 2. The van der Waals surface area contributed by atoms with Crippen molar-refractivity contribution in [1.82, 2.24) is 10.6 Å². The summed E-state index contributed by atoms with van der Waals surface area (Å²) in [6, 6.07) is 16.4. The minimum absolute atomic E-state index is 0.0716. The molecule has 0 saturated heterocycles. The number of nitrogens with one attached hydrogen (secondary N) is 2. The van der Waals surface area contributed by atoms with Crippen molar-refractivity contribution in [2.45, 2.75) is 20.8 Å². The van der Waals surface area contributed by atoms with Crippen LogP contribution in [0.1, 0.15) is 40.9 Å². The molecule has 0 bridgehead atoms. The minimum Gasteiger partial charge on any atom is -0.351 e. The van der Waals surface area contributed by atoms with Crippen LogP contribution in [0.4, 0.5) is 0 Å². The van der Waals surface area contributed by atoms with Gasteiger partial charge in [0.05, 0.1) is 5.70 Å². The number of aliphatic imine (C=N–C) groups is 1. The molecule has 0 atom stereocenters. The lowest BCUT2D eigenvalue weighted by Crippen LogP contribution is -2.30. The monoisotopic (exact) mass is 386 g/mol. The van der Waals surface area contributed by atoms with Crippen LogP contribution in [0.5, 0.6) is 0 Å². The first-order valence-corrected chi connectivity index (χ1v) is 9.39. The Labute approximate surface area is 170 Å². The highest BCUT2D eigenvalue weighted by Gasteiger charge is 2.27. The fraction of sp³-hybridized carbons (Fsp3) is 0.217. The fourth-order valence-corrected chi connectivity index (χ4v) is 2.90. The third-order valence-corrected chi connectivity index (χ3v) is 4.45. The Balaban J connectivity index is 1.96. The van der Waals surface area contributed by atoms with E-state index in [1.807, 2.05) is 45.0 Å². The lowest BCUT2D eigenvalue weighted by molar-refractivity contribution is -0.117. The van der Waals surface area contributed by atoms with Gasteiger partial charge in [0, 0.05) is 23.2 Å². The van der Waals surface area contributed by atoms with Gasteiger partial charge in [-0.15, -0.1) is 0 Å². The molecule has 2 aromatic rings. The maximum Gasteiger partial charge on any atom is 0.264 e. The van der Waals surface area contributed by atoms with Gasteiger partial charge in [-0.2, -0.15) is 5.26 Å². The summed E-state index contributed by atoms with van der Waals surface area (Å²) in [7, 11) is 0. The second-order valence-corrected chi connectivity index (χ2v) is 7.27. The molecule has 146 valence electrons. The molecule has 1 aliphatic heterocycles. The number of benzene rings is 2. The van der Waals surface area contributed by atoms with Crippen molar-refractivity contribution >= 4 is 23.3 Å². The van der Waals surface area contributed by atoms with Crippen LogP contribution in [-0.2, 0) is 4.79 Å². The van der Waals surface area contributed by atoms with Gasteiger partial charge in [-0.1, -0.05) is 55.8 Å². The maximum atomic E-state index is 12.6. The highest BCUT2D eigenvalue weighted by atomic mass is 16.2. The van der Waals surface area contributed by atoms with E-state index in [2.05, 4.69) is 15.6 Å². The summed E-state index contributed by atoms with van der Waals surface area (Å²) in [5.74, 6) is -0.193. The summed E-state index contributed by atoms with van der Waals surface area (Å²) < 4.78 is 0. The molecule has 3 rings (SSSR count). The molecule has 0 aliphatic carbocycles. The van der Waals surface area contributed by atoms with E-state index < -0.39 is 5.91 Å². The molecule has 2 N–H and O–H groups in total. The van der Waals surface area contributed by atoms with E-state index >= 15 is 0 Å². The Bertz CT molecular complexity index is 1060. The van der Waals surface area contributed by atoms with Gasteiger partial charge in [0.25, 0.3) is 11.8 Å². The first kappa shape index (κ1) is 20.0. The SMILES string of the molecule is Cc1ccc(C(=O)NC2=N/C(=C(/C#N)C(=O)NCC(C)C)c3ccccc32)cc1. The number of nitriles is 1. The van der Waals surface area contributed by atoms with Crippen molar-refractivity contribution in [3.05, 3.63) is 76.4 Å². The van der Waals surface area contributed by atoms with Gasteiger partial charge >= 0.3 is 0 Å². The zero-order valence-electron chi connectivity index (χ0n) is 16.6. The van der Waals surface area contributed by atoms with Gasteiger partial charge in [0.1, 0.15) is 17.5 Å². The first-order valence-electron chi connectivity index (χ1n) is 9.39. The molecular weight excluding hydrogens is 364 g/mol. The molecule has 0 radical (unpaired) electrons. The molecule has 2 aromatic carbocycles. The molecular formula is C23H22N4O2. The number of hydrogen-bond acceptors (Lipinski definition) is 4. The molecule has 6 nitrogen and oxygen atoms in total. The Morgan fingerprint density at radius 2 is 1.72 bits per heavy atom. The van der Waals surface area contributed by atoms with Gasteiger partial charge < -0.3 is 10.6 Å². The average Bonchev–Trinajstić information content (AvgIpc) is 3.06. The molecule has 0 spiro atoms. The van der Waals surface area contributed by atoms with E-state index in [-0.39, 0.29) is 23.1 Å². The second-order valence-electron chi connectivity index (χ2n) is 7.27. The van der Waals surface area contributed by atoms with Crippen molar-refractivity contribution in [3.8, 4) is 6.07 Å². The van der Waals surface area contributed by atoms with E-state index in [9.17, 15) is 14.9 Å². The number of amidine groups is 1. The predicted octanol–water partition coefficient (Wildman–Crippen LogP) is 3.19. The topological polar surface area (TPSA) is 94.3 Å². The Morgan fingerprint density at radius 3 is 2.34 bits per heavy atom. The van der Waals surface area contributed by atoms with Crippen LogP contribution < -0.4 is 10.6 Å². The zero-order valence-corrected chi connectivity index (χ0v) is 16.6. The van der Waals surface area contributed by atoms with Crippen LogP contribution in [0.2, 0.25) is 0 Å². The van der Waals surface area contributed by atoms with E-state index in [1.165, 1.54) is 0 Å². The highest BCUT2D eigenvalue weighted by Crippen LogP contribution is 2.30. The third kappa shape index (κ3) is 4.41. The number of hydrogen-bond donors (Lipinski definition) is 2. The standard InChI is InChI=1S/C23H22N4O2/c1-14(2)13-25-23(29)19(12-24)20-17-6-4-5-7-18(17)21(26-20)27-22(28)16-10-8-15(3)9-11-16/h4-11,14H,13H2,1-3H3,(H,25,29)(H,26,27,28)/b20-19-. The van der Waals surface area contributed by atoms with Crippen molar-refractivity contribution in [1.29, 1.82) is 5.26 Å². The first-order chi connectivity index (χ1) is 13.9. The molecule has 6 heteroatoms. The van der Waals surface area contributed by atoms with E-state index in [1.54, 1.807) is 30.3 Å². The van der Waals surface area contributed by atoms with Crippen LogP contribution in [0.3, 0.4) is 0 Å². The molecule has 0 fully saturated rings. The number of rotatable bonds is 4. The fourth-order valence-electron chi connectivity index (χ4n) is 2.90. The molecule has 0 aromatic heterocycles. The third-order valence-electron chi connectivity index (χ3n) is 4.45. The lowest BCUT2D eigenvalue weighted by Gasteiger charge is -2.08. The van der Waals surface area contributed by atoms with Crippen LogP contribution in [0, 0.1) is 24.2 Å². The van der Waals surface area contributed by atoms with Gasteiger partial charge in [-0.05, 0) is 25.0 Å². The van der Waals surface area contributed by atoms with Gasteiger partial charge in [-0.3, -0.25) is 9.59 Å². The maximum absolute atomic E-state index is 12.6.